The topological polar surface area (TPSA) is 38.8 Å². The molecule has 2 atom stereocenters. The molecule has 0 N–H and O–H groups in total. The Morgan fingerprint density at radius 3 is 2.63 bits per heavy atom. The molecule has 1 amide bonds. The molecule has 2 unspecified atom stereocenters. The molecule has 0 bridgehead atoms. The number of carbonyl (C=O) groups is 1. The van der Waals surface area contributed by atoms with Crippen molar-refractivity contribution in [2.75, 3.05) is 13.7 Å². The molecular formula is C14H19NO3S. The monoisotopic (exact) mass is 281 g/mol. The second-order valence-corrected chi connectivity index (χ2v) is 5.52. The van der Waals surface area contributed by atoms with Crippen LogP contribution in [-0.2, 0) is 11.3 Å². The fourth-order valence-electron chi connectivity index (χ4n) is 2.21. The quantitative estimate of drug-likeness (QED) is 0.866. The van der Waals surface area contributed by atoms with Crippen LogP contribution in [0, 0.1) is 0 Å². The van der Waals surface area contributed by atoms with Crippen molar-refractivity contribution in [1.82, 2.24) is 4.90 Å². The lowest BCUT2D eigenvalue weighted by atomic mass is 10.2. The lowest BCUT2D eigenvalue weighted by molar-refractivity contribution is 0.0945. The Bertz CT molecular complexity index is 435. The maximum absolute atomic E-state index is 11.9. The van der Waals surface area contributed by atoms with Gasteiger partial charge in [0.15, 0.2) is 0 Å². The smallest absolute Gasteiger partial charge is 0.410 e. The molecule has 0 saturated carbocycles. The van der Waals surface area contributed by atoms with E-state index in [9.17, 15) is 4.79 Å². The average molecular weight is 281 g/mol. The third-order valence-electron chi connectivity index (χ3n) is 3.31. The summed E-state index contributed by atoms with van der Waals surface area (Å²) in [6.45, 7) is 2.96. The van der Waals surface area contributed by atoms with Crippen LogP contribution in [0.2, 0.25) is 0 Å². The Morgan fingerprint density at radius 1 is 1.42 bits per heavy atom. The van der Waals surface area contributed by atoms with Gasteiger partial charge in [0.1, 0.15) is 12.4 Å². The highest BCUT2D eigenvalue weighted by atomic mass is 32.1. The SMILES string of the molecule is COc1ccc(COC(=O)N2CC(S)CC2C)cc1. The highest BCUT2D eigenvalue weighted by molar-refractivity contribution is 7.81. The molecule has 104 valence electrons. The van der Waals surface area contributed by atoms with Crippen LogP contribution in [0.15, 0.2) is 24.3 Å². The second-order valence-electron chi connectivity index (χ2n) is 4.79. The van der Waals surface area contributed by atoms with Gasteiger partial charge in [0.25, 0.3) is 0 Å². The lowest BCUT2D eigenvalue weighted by Crippen LogP contribution is -2.34. The Labute approximate surface area is 119 Å². The number of amides is 1. The van der Waals surface area contributed by atoms with Gasteiger partial charge in [-0.15, -0.1) is 0 Å². The van der Waals surface area contributed by atoms with Crippen LogP contribution < -0.4 is 4.74 Å². The molecule has 0 aromatic heterocycles. The minimum absolute atomic E-state index is 0.200. The van der Waals surface area contributed by atoms with E-state index >= 15 is 0 Å². The standard InChI is InChI=1S/C14H19NO3S/c1-10-7-13(19)8-15(10)14(16)18-9-11-3-5-12(17-2)6-4-11/h3-6,10,13,19H,7-9H2,1-2H3. The fourth-order valence-corrected chi connectivity index (χ4v) is 2.69. The van der Waals surface area contributed by atoms with Crippen LogP contribution in [-0.4, -0.2) is 35.9 Å². The van der Waals surface area contributed by atoms with E-state index in [1.165, 1.54) is 0 Å². The number of methoxy groups -OCH3 is 1. The maximum Gasteiger partial charge on any atom is 0.410 e. The van der Waals surface area contributed by atoms with Gasteiger partial charge >= 0.3 is 6.09 Å². The molecule has 1 heterocycles. The molecule has 0 spiro atoms. The molecule has 0 radical (unpaired) electrons. The summed E-state index contributed by atoms with van der Waals surface area (Å²) in [7, 11) is 1.62. The Morgan fingerprint density at radius 2 is 2.11 bits per heavy atom. The van der Waals surface area contributed by atoms with Crippen molar-refractivity contribution in [3.63, 3.8) is 0 Å². The number of benzene rings is 1. The molecule has 1 fully saturated rings. The van der Waals surface area contributed by atoms with Gasteiger partial charge in [-0.25, -0.2) is 4.79 Å². The van der Waals surface area contributed by atoms with Crippen molar-refractivity contribution in [1.29, 1.82) is 0 Å². The number of hydrogen-bond acceptors (Lipinski definition) is 4. The maximum atomic E-state index is 11.9. The fraction of sp³-hybridized carbons (Fsp3) is 0.500. The number of likely N-dealkylation sites (tertiary alicyclic amines) is 1. The van der Waals surface area contributed by atoms with E-state index in [2.05, 4.69) is 12.6 Å². The summed E-state index contributed by atoms with van der Waals surface area (Å²) < 4.78 is 10.4. The van der Waals surface area contributed by atoms with Gasteiger partial charge in [0.05, 0.1) is 7.11 Å². The Kier molecular flexibility index (Phi) is 4.58. The van der Waals surface area contributed by atoms with Gasteiger partial charge in [-0.1, -0.05) is 12.1 Å². The van der Waals surface area contributed by atoms with Crippen LogP contribution >= 0.6 is 12.6 Å². The molecule has 19 heavy (non-hydrogen) atoms. The predicted molar refractivity (Wildman–Crippen MR) is 76.7 cm³/mol. The first-order chi connectivity index (χ1) is 9.10. The number of thiol groups is 1. The number of ether oxygens (including phenoxy) is 2. The zero-order valence-electron chi connectivity index (χ0n) is 11.2. The van der Waals surface area contributed by atoms with E-state index in [0.29, 0.717) is 6.54 Å². The first kappa shape index (κ1) is 14.1. The van der Waals surface area contributed by atoms with Crippen molar-refractivity contribution in [3.8, 4) is 5.75 Å². The summed E-state index contributed by atoms with van der Waals surface area (Å²) in [5.41, 5.74) is 0.948. The first-order valence-corrected chi connectivity index (χ1v) is 6.86. The Balaban J connectivity index is 1.86. The number of hydrogen-bond donors (Lipinski definition) is 1. The average Bonchev–Trinajstić information content (AvgIpc) is 2.75. The molecule has 4 nitrogen and oxygen atoms in total. The number of carbonyl (C=O) groups excluding carboxylic acids is 1. The summed E-state index contributed by atoms with van der Waals surface area (Å²) >= 11 is 4.40. The van der Waals surface area contributed by atoms with E-state index < -0.39 is 0 Å². The normalized spacial score (nSPS) is 22.4. The van der Waals surface area contributed by atoms with Crippen molar-refractivity contribution in [2.45, 2.75) is 31.2 Å². The summed E-state index contributed by atoms with van der Waals surface area (Å²) in [6.07, 6.45) is 0.653. The molecule has 1 aliphatic heterocycles. The lowest BCUT2D eigenvalue weighted by Gasteiger charge is -2.20. The van der Waals surface area contributed by atoms with Crippen LogP contribution in [0.4, 0.5) is 4.79 Å². The molecule has 5 heteroatoms. The third-order valence-corrected chi connectivity index (χ3v) is 3.68. The summed E-state index contributed by atoms with van der Waals surface area (Å²) in [5, 5.41) is 0.253. The van der Waals surface area contributed by atoms with Gasteiger partial charge in [0.2, 0.25) is 0 Å². The summed E-state index contributed by atoms with van der Waals surface area (Å²) in [4.78, 5) is 13.7. The minimum Gasteiger partial charge on any atom is -0.497 e. The van der Waals surface area contributed by atoms with Gasteiger partial charge < -0.3 is 14.4 Å². The van der Waals surface area contributed by atoms with E-state index in [-0.39, 0.29) is 24.0 Å². The number of rotatable bonds is 3. The van der Waals surface area contributed by atoms with Crippen LogP contribution in [0.1, 0.15) is 18.9 Å². The number of nitrogens with zero attached hydrogens (tertiary/aromatic N) is 1. The van der Waals surface area contributed by atoms with Crippen molar-refractivity contribution in [2.24, 2.45) is 0 Å². The molecule has 1 saturated heterocycles. The molecule has 1 aromatic carbocycles. The van der Waals surface area contributed by atoms with E-state index in [4.69, 9.17) is 9.47 Å². The second kappa shape index (κ2) is 6.19. The molecule has 0 aliphatic carbocycles. The van der Waals surface area contributed by atoms with E-state index in [1.807, 2.05) is 31.2 Å². The van der Waals surface area contributed by atoms with Gasteiger partial charge in [0, 0.05) is 17.8 Å². The molecule has 1 aromatic rings. The molecular weight excluding hydrogens is 262 g/mol. The minimum atomic E-state index is -0.264. The van der Waals surface area contributed by atoms with Crippen LogP contribution in [0.5, 0.6) is 5.75 Å². The summed E-state index contributed by atoms with van der Waals surface area (Å²) in [6, 6.07) is 7.68. The highest BCUT2D eigenvalue weighted by Gasteiger charge is 2.31. The predicted octanol–water partition coefficient (Wildman–Crippen LogP) is 2.72. The van der Waals surface area contributed by atoms with Crippen LogP contribution in [0.3, 0.4) is 0 Å². The van der Waals surface area contributed by atoms with Gasteiger partial charge in [-0.2, -0.15) is 12.6 Å². The van der Waals surface area contributed by atoms with Crippen molar-refractivity contribution in [3.05, 3.63) is 29.8 Å². The third kappa shape index (κ3) is 3.56. The zero-order chi connectivity index (χ0) is 13.8. The van der Waals surface area contributed by atoms with Crippen LogP contribution in [0.25, 0.3) is 0 Å². The molecule has 1 aliphatic rings. The van der Waals surface area contributed by atoms with Crippen molar-refractivity contribution >= 4 is 18.7 Å². The first-order valence-electron chi connectivity index (χ1n) is 6.34. The van der Waals surface area contributed by atoms with E-state index in [0.717, 1.165) is 17.7 Å². The van der Waals surface area contributed by atoms with Crippen molar-refractivity contribution < 1.29 is 14.3 Å². The zero-order valence-corrected chi connectivity index (χ0v) is 12.1. The largest absolute Gasteiger partial charge is 0.497 e. The Hall–Kier alpha value is -1.36. The van der Waals surface area contributed by atoms with Gasteiger partial charge in [-0.05, 0) is 31.0 Å². The van der Waals surface area contributed by atoms with E-state index in [1.54, 1.807) is 12.0 Å². The highest BCUT2D eigenvalue weighted by Crippen LogP contribution is 2.22. The summed E-state index contributed by atoms with van der Waals surface area (Å²) in [5.74, 6) is 0.793. The van der Waals surface area contributed by atoms with Gasteiger partial charge in [-0.3, -0.25) is 0 Å². The molecule has 2 rings (SSSR count).